The first kappa shape index (κ1) is 12.8. The molecule has 0 fully saturated rings. The Kier molecular flexibility index (Phi) is 3.77. The molecular weight excluding hydrogens is 226 g/mol. The zero-order chi connectivity index (χ0) is 13.1. The summed E-state index contributed by atoms with van der Waals surface area (Å²) in [5, 5.41) is 0. The van der Waals surface area contributed by atoms with Crippen LogP contribution in [0.25, 0.3) is 0 Å². The molecule has 2 N–H and O–H groups in total. The number of benzodiazepines with no additional fused rings is 1. The predicted octanol–water partition coefficient (Wildman–Crippen LogP) is 1.93. The van der Waals surface area contributed by atoms with Crippen LogP contribution in [0.15, 0.2) is 29.3 Å². The molecule has 96 valence electrons. The van der Waals surface area contributed by atoms with E-state index in [1.165, 1.54) is 0 Å². The van der Waals surface area contributed by atoms with E-state index in [-0.39, 0.29) is 5.91 Å². The fourth-order valence-corrected chi connectivity index (χ4v) is 2.16. The molecule has 4 heteroatoms. The van der Waals surface area contributed by atoms with E-state index in [4.69, 9.17) is 5.73 Å². The number of nitrogens with zero attached hydrogens (tertiary/aromatic N) is 2. The van der Waals surface area contributed by atoms with Crippen LogP contribution in [0.1, 0.15) is 31.7 Å². The number of hydrogen-bond acceptors (Lipinski definition) is 3. The van der Waals surface area contributed by atoms with E-state index in [1.54, 1.807) is 11.9 Å². The molecule has 0 radical (unpaired) electrons. The molecule has 1 aromatic carbocycles. The molecule has 2 rings (SSSR count). The smallest absolute Gasteiger partial charge is 0.266 e. The molecule has 1 aliphatic rings. The van der Waals surface area contributed by atoms with Crippen LogP contribution in [-0.4, -0.2) is 24.8 Å². The van der Waals surface area contributed by atoms with E-state index in [2.05, 4.69) is 11.9 Å². The van der Waals surface area contributed by atoms with Gasteiger partial charge < -0.3 is 10.6 Å². The number of anilines is 1. The Morgan fingerprint density at radius 3 is 2.83 bits per heavy atom. The van der Waals surface area contributed by atoms with Gasteiger partial charge in [-0.25, -0.2) is 0 Å². The van der Waals surface area contributed by atoms with Gasteiger partial charge in [-0.15, -0.1) is 0 Å². The molecule has 18 heavy (non-hydrogen) atoms. The van der Waals surface area contributed by atoms with E-state index in [0.29, 0.717) is 0 Å². The Balaban J connectivity index is 2.47. The molecule has 0 saturated carbocycles. The lowest BCUT2D eigenvalue weighted by atomic mass is 10.0. The fourth-order valence-electron chi connectivity index (χ4n) is 2.16. The van der Waals surface area contributed by atoms with Gasteiger partial charge in [0.1, 0.15) is 0 Å². The van der Waals surface area contributed by atoms with Crippen molar-refractivity contribution in [3.63, 3.8) is 0 Å². The van der Waals surface area contributed by atoms with Crippen molar-refractivity contribution in [1.29, 1.82) is 0 Å². The highest BCUT2D eigenvalue weighted by Gasteiger charge is 2.26. The van der Waals surface area contributed by atoms with Crippen molar-refractivity contribution in [3.8, 4) is 0 Å². The number of fused-ring (bicyclic) bond motifs is 1. The van der Waals surface area contributed by atoms with E-state index >= 15 is 0 Å². The second-order valence-electron chi connectivity index (χ2n) is 4.54. The van der Waals surface area contributed by atoms with Gasteiger partial charge in [0.05, 0.1) is 5.69 Å². The summed E-state index contributed by atoms with van der Waals surface area (Å²) >= 11 is 0. The maximum Gasteiger partial charge on any atom is 0.266 e. The molecule has 4 nitrogen and oxygen atoms in total. The quantitative estimate of drug-likeness (QED) is 0.884. The van der Waals surface area contributed by atoms with Crippen LogP contribution in [-0.2, 0) is 4.79 Å². The molecule has 1 atom stereocenters. The Hall–Kier alpha value is -1.68. The Morgan fingerprint density at radius 2 is 2.11 bits per heavy atom. The lowest BCUT2D eigenvalue weighted by Gasteiger charge is -2.18. The predicted molar refractivity (Wildman–Crippen MR) is 73.9 cm³/mol. The molecular formula is C14H19N3O. The van der Waals surface area contributed by atoms with E-state index in [1.807, 2.05) is 24.3 Å². The first-order valence-corrected chi connectivity index (χ1v) is 6.34. The SMILES string of the molecule is CCCCC1=NC(N)C(=O)N(C)c2ccccc21. The molecule has 0 aromatic heterocycles. The second-order valence-corrected chi connectivity index (χ2v) is 4.54. The van der Waals surface area contributed by atoms with Crippen molar-refractivity contribution >= 4 is 17.3 Å². The van der Waals surface area contributed by atoms with Crippen LogP contribution in [0.3, 0.4) is 0 Å². The van der Waals surface area contributed by atoms with Gasteiger partial charge in [-0.05, 0) is 18.9 Å². The van der Waals surface area contributed by atoms with E-state index in [0.717, 1.165) is 36.2 Å². The van der Waals surface area contributed by atoms with Gasteiger partial charge in [0.2, 0.25) is 0 Å². The van der Waals surface area contributed by atoms with Crippen LogP contribution in [0.2, 0.25) is 0 Å². The van der Waals surface area contributed by atoms with Gasteiger partial charge in [-0.1, -0.05) is 31.5 Å². The molecule has 0 aliphatic carbocycles. The van der Waals surface area contributed by atoms with Crippen molar-refractivity contribution in [1.82, 2.24) is 0 Å². The number of rotatable bonds is 3. The third-order valence-corrected chi connectivity index (χ3v) is 3.22. The summed E-state index contributed by atoms with van der Waals surface area (Å²) in [5.74, 6) is -0.158. The number of carbonyl (C=O) groups excluding carboxylic acids is 1. The molecule has 1 aliphatic heterocycles. The highest BCUT2D eigenvalue weighted by Crippen LogP contribution is 2.25. The van der Waals surface area contributed by atoms with Gasteiger partial charge in [0, 0.05) is 18.3 Å². The summed E-state index contributed by atoms with van der Waals surface area (Å²) in [4.78, 5) is 18.0. The average Bonchev–Trinajstić information content (AvgIpc) is 2.49. The maximum absolute atomic E-state index is 12.0. The Labute approximate surface area is 108 Å². The first-order valence-electron chi connectivity index (χ1n) is 6.34. The van der Waals surface area contributed by atoms with Crippen LogP contribution >= 0.6 is 0 Å². The number of unbranched alkanes of at least 4 members (excludes halogenated alkanes) is 1. The number of aliphatic imine (C=N–C) groups is 1. The molecule has 0 bridgehead atoms. The van der Waals surface area contributed by atoms with Gasteiger partial charge >= 0.3 is 0 Å². The van der Waals surface area contributed by atoms with Crippen LogP contribution in [0, 0.1) is 0 Å². The fraction of sp³-hybridized carbons (Fsp3) is 0.429. The summed E-state index contributed by atoms with van der Waals surface area (Å²) in [6, 6.07) is 7.84. The minimum Gasteiger partial charge on any atom is -0.312 e. The highest BCUT2D eigenvalue weighted by atomic mass is 16.2. The maximum atomic E-state index is 12.0. The van der Waals surface area contributed by atoms with Gasteiger partial charge in [-0.2, -0.15) is 0 Å². The van der Waals surface area contributed by atoms with Gasteiger partial charge in [0.25, 0.3) is 5.91 Å². The minimum atomic E-state index is -0.783. The molecule has 0 saturated heterocycles. The van der Waals surface area contributed by atoms with Crippen LogP contribution in [0.5, 0.6) is 0 Å². The summed E-state index contributed by atoms with van der Waals surface area (Å²) in [7, 11) is 1.75. The zero-order valence-electron chi connectivity index (χ0n) is 10.9. The average molecular weight is 245 g/mol. The number of para-hydroxylation sites is 1. The van der Waals surface area contributed by atoms with Gasteiger partial charge in [0.15, 0.2) is 6.17 Å². The van der Waals surface area contributed by atoms with Crippen molar-refractivity contribution in [2.45, 2.75) is 32.4 Å². The standard InChI is InChI=1S/C14H19N3O/c1-3-4-8-11-10-7-5-6-9-12(10)17(2)14(18)13(15)16-11/h5-7,9,13H,3-4,8,15H2,1-2H3. The second kappa shape index (κ2) is 5.31. The number of amides is 1. The van der Waals surface area contributed by atoms with E-state index in [9.17, 15) is 4.79 Å². The van der Waals surface area contributed by atoms with Crippen molar-refractivity contribution in [3.05, 3.63) is 29.8 Å². The number of carbonyl (C=O) groups is 1. The largest absolute Gasteiger partial charge is 0.312 e. The lowest BCUT2D eigenvalue weighted by Crippen LogP contribution is -2.39. The summed E-state index contributed by atoms with van der Waals surface area (Å²) in [6.07, 6.45) is 2.23. The van der Waals surface area contributed by atoms with Crippen molar-refractivity contribution in [2.75, 3.05) is 11.9 Å². The molecule has 1 aromatic rings. The third kappa shape index (κ3) is 2.29. The van der Waals surface area contributed by atoms with Crippen molar-refractivity contribution < 1.29 is 4.79 Å². The lowest BCUT2D eigenvalue weighted by molar-refractivity contribution is -0.119. The number of hydrogen-bond donors (Lipinski definition) is 1. The monoisotopic (exact) mass is 245 g/mol. The third-order valence-electron chi connectivity index (χ3n) is 3.22. The zero-order valence-corrected chi connectivity index (χ0v) is 10.9. The topological polar surface area (TPSA) is 58.7 Å². The number of likely N-dealkylation sites (N-methyl/N-ethyl adjacent to an activating group) is 1. The van der Waals surface area contributed by atoms with Crippen LogP contribution in [0.4, 0.5) is 5.69 Å². The van der Waals surface area contributed by atoms with E-state index < -0.39 is 6.17 Å². The number of benzene rings is 1. The summed E-state index contributed by atoms with van der Waals surface area (Å²) in [6.45, 7) is 2.14. The summed E-state index contributed by atoms with van der Waals surface area (Å²) < 4.78 is 0. The molecule has 0 spiro atoms. The van der Waals surface area contributed by atoms with Crippen LogP contribution < -0.4 is 10.6 Å². The highest BCUT2D eigenvalue weighted by molar-refractivity contribution is 6.12. The minimum absolute atomic E-state index is 0.158. The number of nitrogens with two attached hydrogens (primary N) is 1. The Bertz CT molecular complexity index is 482. The Morgan fingerprint density at radius 1 is 1.39 bits per heavy atom. The molecule has 1 unspecified atom stereocenters. The molecule has 1 heterocycles. The first-order chi connectivity index (χ1) is 8.65. The normalized spacial score (nSPS) is 19.3. The van der Waals surface area contributed by atoms with Gasteiger partial charge in [-0.3, -0.25) is 9.79 Å². The molecule has 1 amide bonds. The summed E-state index contributed by atoms with van der Waals surface area (Å²) in [5.41, 5.74) is 8.69. The van der Waals surface area contributed by atoms with Crippen molar-refractivity contribution in [2.24, 2.45) is 10.7 Å².